The number of fused-ring (bicyclic) bond motifs is 1. The number of hydrogen-bond acceptors (Lipinski definition) is 8. The number of ketones is 1. The lowest BCUT2D eigenvalue weighted by molar-refractivity contribution is -0.140. The van der Waals surface area contributed by atoms with E-state index in [1.165, 1.54) is 6.26 Å². The van der Waals surface area contributed by atoms with Crippen LogP contribution in [0.3, 0.4) is 0 Å². The van der Waals surface area contributed by atoms with E-state index in [1.54, 1.807) is 30.4 Å². The van der Waals surface area contributed by atoms with Crippen LogP contribution in [-0.4, -0.2) is 25.0 Å². The Kier molecular flexibility index (Phi) is 7.32. The van der Waals surface area contributed by atoms with Gasteiger partial charge in [-0.3, -0.25) is 9.59 Å². The zero-order valence-corrected chi connectivity index (χ0v) is 23.6. The maximum Gasteiger partial charge on any atom is 0.336 e. The number of dihydropyridines is 1. The zero-order chi connectivity index (χ0) is 28.5. The zero-order valence-electron chi connectivity index (χ0n) is 22.8. The van der Waals surface area contributed by atoms with Gasteiger partial charge in [0.15, 0.2) is 11.2 Å². The molecule has 0 unspecified atom stereocenters. The second kappa shape index (κ2) is 11.2. The summed E-state index contributed by atoms with van der Waals surface area (Å²) in [5.74, 6) is -0.924. The third kappa shape index (κ3) is 5.23. The van der Waals surface area contributed by atoms with Crippen LogP contribution in [0.4, 0.5) is 0 Å². The van der Waals surface area contributed by atoms with Crippen molar-refractivity contribution in [1.29, 1.82) is 0 Å². The van der Waals surface area contributed by atoms with Gasteiger partial charge in [-0.1, -0.05) is 35.9 Å². The first-order valence-corrected chi connectivity index (χ1v) is 14.4. The molecule has 2 aliphatic rings. The summed E-state index contributed by atoms with van der Waals surface area (Å²) in [5, 5.41) is 5.74. The first kappa shape index (κ1) is 26.8. The van der Waals surface area contributed by atoms with Crippen LogP contribution in [0.2, 0.25) is 0 Å². The highest BCUT2D eigenvalue weighted by molar-refractivity contribution is 7.10. The maximum atomic E-state index is 13.9. The Balaban J connectivity index is 1.37. The number of benzene rings is 2. The second-order valence-electron chi connectivity index (χ2n) is 10.3. The van der Waals surface area contributed by atoms with Gasteiger partial charge in [0.1, 0.15) is 24.5 Å². The van der Waals surface area contributed by atoms with E-state index in [9.17, 15) is 14.4 Å². The molecular formula is C33H29NO6S. The van der Waals surface area contributed by atoms with Crippen LogP contribution in [0.15, 0.2) is 104 Å². The number of ether oxygens (including phenoxy) is 2. The van der Waals surface area contributed by atoms with Crippen molar-refractivity contribution < 1.29 is 23.5 Å². The lowest BCUT2D eigenvalue weighted by Gasteiger charge is -2.36. The van der Waals surface area contributed by atoms with Crippen molar-refractivity contribution in [3.05, 3.63) is 121 Å². The number of esters is 1. The SMILES string of the molecule is CC1=C(C(=O)OCCOc2ccccc2)[C@H](c2coc3ccc(C)cc3c2=O)C2=C(C[C@H](c3cccs3)CC2=O)N1. The summed E-state index contributed by atoms with van der Waals surface area (Å²) in [4.78, 5) is 42.5. The van der Waals surface area contributed by atoms with Gasteiger partial charge in [-0.2, -0.15) is 0 Å². The number of nitrogens with one attached hydrogen (secondary N) is 1. The third-order valence-electron chi connectivity index (χ3n) is 7.59. The van der Waals surface area contributed by atoms with E-state index in [0.29, 0.717) is 40.8 Å². The van der Waals surface area contributed by atoms with Gasteiger partial charge in [0.05, 0.1) is 23.1 Å². The summed E-state index contributed by atoms with van der Waals surface area (Å²) in [6.45, 7) is 3.84. The summed E-state index contributed by atoms with van der Waals surface area (Å²) < 4.78 is 17.2. The molecule has 0 saturated carbocycles. The average Bonchev–Trinajstić information content (AvgIpc) is 3.51. The fourth-order valence-corrected chi connectivity index (χ4v) is 6.52. The molecule has 1 aliphatic heterocycles. The fraction of sp³-hybridized carbons (Fsp3) is 0.242. The fourth-order valence-electron chi connectivity index (χ4n) is 5.69. The number of carbonyl (C=O) groups is 2. The van der Waals surface area contributed by atoms with Crippen LogP contribution >= 0.6 is 11.3 Å². The van der Waals surface area contributed by atoms with Crippen LogP contribution in [0.5, 0.6) is 5.75 Å². The molecule has 7 nitrogen and oxygen atoms in total. The molecule has 208 valence electrons. The Morgan fingerprint density at radius 3 is 2.63 bits per heavy atom. The van der Waals surface area contributed by atoms with E-state index >= 15 is 0 Å². The Hall–Kier alpha value is -4.43. The van der Waals surface area contributed by atoms with E-state index < -0.39 is 11.9 Å². The first-order valence-electron chi connectivity index (χ1n) is 13.5. The molecular weight excluding hydrogens is 538 g/mol. The molecule has 0 amide bonds. The molecule has 8 heteroatoms. The van der Waals surface area contributed by atoms with Gasteiger partial charge in [0, 0.05) is 39.7 Å². The molecule has 6 rings (SSSR count). The number of allylic oxidation sites excluding steroid dienone is 3. The minimum Gasteiger partial charge on any atom is -0.490 e. The van der Waals surface area contributed by atoms with Crippen LogP contribution in [0.25, 0.3) is 11.0 Å². The largest absolute Gasteiger partial charge is 0.490 e. The molecule has 1 N–H and O–H groups in total. The van der Waals surface area contributed by atoms with Gasteiger partial charge >= 0.3 is 5.97 Å². The molecule has 2 atom stereocenters. The molecule has 0 saturated heterocycles. The highest BCUT2D eigenvalue weighted by atomic mass is 32.1. The van der Waals surface area contributed by atoms with E-state index in [1.807, 2.05) is 60.8 Å². The van der Waals surface area contributed by atoms with Crippen LogP contribution in [0, 0.1) is 6.92 Å². The number of aryl methyl sites for hydroxylation is 1. The Morgan fingerprint density at radius 1 is 1.02 bits per heavy atom. The summed E-state index contributed by atoms with van der Waals surface area (Å²) in [6, 6.07) is 18.7. The summed E-state index contributed by atoms with van der Waals surface area (Å²) in [7, 11) is 0. The second-order valence-corrected chi connectivity index (χ2v) is 11.3. The van der Waals surface area contributed by atoms with Crippen molar-refractivity contribution >= 4 is 34.1 Å². The van der Waals surface area contributed by atoms with Crippen molar-refractivity contribution in [2.24, 2.45) is 0 Å². The molecule has 2 aromatic carbocycles. The van der Waals surface area contributed by atoms with E-state index in [4.69, 9.17) is 13.9 Å². The van der Waals surface area contributed by atoms with E-state index in [2.05, 4.69) is 5.32 Å². The van der Waals surface area contributed by atoms with Crippen molar-refractivity contribution in [1.82, 2.24) is 5.32 Å². The van der Waals surface area contributed by atoms with Crippen molar-refractivity contribution in [2.75, 3.05) is 13.2 Å². The third-order valence-corrected chi connectivity index (χ3v) is 8.62. The summed E-state index contributed by atoms with van der Waals surface area (Å²) >= 11 is 1.62. The summed E-state index contributed by atoms with van der Waals surface area (Å²) in [6.07, 6.45) is 2.28. The average molecular weight is 568 g/mol. The quantitative estimate of drug-likeness (QED) is 0.212. The number of rotatable bonds is 7. The van der Waals surface area contributed by atoms with E-state index in [-0.39, 0.29) is 41.5 Å². The predicted octanol–water partition coefficient (Wildman–Crippen LogP) is 6.15. The van der Waals surface area contributed by atoms with Crippen LogP contribution < -0.4 is 15.5 Å². The van der Waals surface area contributed by atoms with E-state index in [0.717, 1.165) is 16.1 Å². The molecule has 0 radical (unpaired) electrons. The molecule has 1 aliphatic carbocycles. The number of para-hydroxylation sites is 1. The van der Waals surface area contributed by atoms with Gasteiger partial charge in [-0.15, -0.1) is 11.3 Å². The highest BCUT2D eigenvalue weighted by Gasteiger charge is 2.43. The highest BCUT2D eigenvalue weighted by Crippen LogP contribution is 2.46. The minimum absolute atomic E-state index is 0.00303. The normalized spacial score (nSPS) is 18.7. The molecule has 4 aromatic rings. The summed E-state index contributed by atoms with van der Waals surface area (Å²) in [5.41, 5.74) is 3.26. The molecule has 0 bridgehead atoms. The number of Topliss-reactive ketones (excluding diaryl/α,β-unsaturated/α-hetero) is 1. The Bertz CT molecular complexity index is 1750. The van der Waals surface area contributed by atoms with Crippen LogP contribution in [-0.2, 0) is 14.3 Å². The van der Waals surface area contributed by atoms with Gasteiger partial charge < -0.3 is 19.2 Å². The molecule has 2 aromatic heterocycles. The smallest absolute Gasteiger partial charge is 0.336 e. The lowest BCUT2D eigenvalue weighted by Crippen LogP contribution is -2.37. The first-order chi connectivity index (χ1) is 19.9. The number of hydrogen-bond donors (Lipinski definition) is 1. The number of thiophene rings is 1. The molecule has 41 heavy (non-hydrogen) atoms. The standard InChI is InChI=1S/C33H29NO6S/c1-19-10-11-27-23(15-19)32(36)24(18-40-27)30-29(33(37)39-13-12-38-22-7-4-3-5-8-22)20(2)34-25-16-21(17-26(35)31(25)30)28-9-6-14-41-28/h3-11,14-15,18,21,30,34H,12-13,16-17H2,1-2H3/t21-,30-/m0/s1. The Morgan fingerprint density at radius 2 is 1.85 bits per heavy atom. The number of carbonyl (C=O) groups excluding carboxylic acids is 2. The van der Waals surface area contributed by atoms with Crippen LogP contribution in [0.1, 0.15) is 47.6 Å². The van der Waals surface area contributed by atoms with Gasteiger partial charge in [-0.05, 0) is 56.0 Å². The Labute approximate surface area is 241 Å². The van der Waals surface area contributed by atoms with Gasteiger partial charge in [0.25, 0.3) is 0 Å². The monoisotopic (exact) mass is 567 g/mol. The maximum absolute atomic E-state index is 13.9. The molecule has 3 heterocycles. The van der Waals surface area contributed by atoms with Gasteiger partial charge in [0.2, 0.25) is 0 Å². The molecule has 0 spiro atoms. The topological polar surface area (TPSA) is 94.8 Å². The minimum atomic E-state index is -0.910. The van der Waals surface area contributed by atoms with Crippen molar-refractivity contribution in [3.63, 3.8) is 0 Å². The van der Waals surface area contributed by atoms with Crippen molar-refractivity contribution in [2.45, 2.75) is 38.5 Å². The lowest BCUT2D eigenvalue weighted by atomic mass is 9.73. The molecule has 0 fully saturated rings. The van der Waals surface area contributed by atoms with Crippen molar-refractivity contribution in [3.8, 4) is 5.75 Å². The van der Waals surface area contributed by atoms with Gasteiger partial charge in [-0.25, -0.2) is 4.79 Å². The predicted molar refractivity (Wildman–Crippen MR) is 157 cm³/mol.